The van der Waals surface area contributed by atoms with Gasteiger partial charge in [-0.15, -0.1) is 0 Å². The first-order valence-electron chi connectivity index (χ1n) is 12.6. The fourth-order valence-electron chi connectivity index (χ4n) is 3.86. The maximum atomic E-state index is 14.0. The second-order valence-electron chi connectivity index (χ2n) is 10.7. The van der Waals surface area contributed by atoms with Gasteiger partial charge in [-0.05, 0) is 77.3 Å². The number of aryl methyl sites for hydroxylation is 1. The van der Waals surface area contributed by atoms with Crippen molar-refractivity contribution in [1.29, 1.82) is 0 Å². The second kappa shape index (κ2) is 12.6. The molecule has 0 bridgehead atoms. The first kappa shape index (κ1) is 29.7. The molecule has 0 aromatic heterocycles. The van der Waals surface area contributed by atoms with E-state index in [1.54, 1.807) is 52.1 Å². The fourth-order valence-corrected chi connectivity index (χ4v) is 3.86. The smallest absolute Gasteiger partial charge is 0.408 e. The van der Waals surface area contributed by atoms with Crippen molar-refractivity contribution < 1.29 is 23.9 Å². The van der Waals surface area contributed by atoms with E-state index in [0.29, 0.717) is 17.0 Å². The third-order valence-electron chi connectivity index (χ3n) is 5.69. The topological polar surface area (TPSA) is 97.0 Å². The zero-order valence-electron chi connectivity index (χ0n) is 23.4. The summed E-state index contributed by atoms with van der Waals surface area (Å²) >= 11 is 0. The number of methoxy groups -OCH3 is 1. The van der Waals surface area contributed by atoms with Crippen LogP contribution in [0.1, 0.15) is 65.6 Å². The summed E-state index contributed by atoms with van der Waals surface area (Å²) in [4.78, 5) is 41.9. The van der Waals surface area contributed by atoms with Gasteiger partial charge in [0, 0.05) is 11.7 Å². The van der Waals surface area contributed by atoms with Gasteiger partial charge < -0.3 is 25.0 Å². The van der Waals surface area contributed by atoms with Crippen molar-refractivity contribution in [2.24, 2.45) is 5.92 Å². The molecule has 3 amide bonds. The van der Waals surface area contributed by atoms with Crippen LogP contribution in [0.3, 0.4) is 0 Å². The van der Waals surface area contributed by atoms with Crippen molar-refractivity contribution in [2.75, 3.05) is 12.4 Å². The van der Waals surface area contributed by atoms with Gasteiger partial charge in [-0.1, -0.05) is 43.7 Å². The number of rotatable bonds is 9. The Hall–Kier alpha value is -3.55. The van der Waals surface area contributed by atoms with E-state index in [2.05, 4.69) is 10.6 Å². The molecular weight excluding hydrogens is 470 g/mol. The van der Waals surface area contributed by atoms with Gasteiger partial charge in [0.05, 0.1) is 7.11 Å². The van der Waals surface area contributed by atoms with Crippen LogP contribution in [-0.2, 0) is 14.3 Å². The molecule has 2 aromatic rings. The van der Waals surface area contributed by atoms with Crippen LogP contribution in [0.15, 0.2) is 48.5 Å². The lowest BCUT2D eigenvalue weighted by molar-refractivity contribution is -0.143. The van der Waals surface area contributed by atoms with Gasteiger partial charge in [0.2, 0.25) is 5.91 Å². The summed E-state index contributed by atoms with van der Waals surface area (Å²) in [6.45, 7) is 14.6. The Labute approximate surface area is 220 Å². The molecule has 0 saturated heterocycles. The van der Waals surface area contributed by atoms with Crippen LogP contribution in [0.4, 0.5) is 10.5 Å². The van der Waals surface area contributed by atoms with E-state index in [0.717, 1.165) is 5.56 Å². The van der Waals surface area contributed by atoms with Gasteiger partial charge >= 0.3 is 6.09 Å². The van der Waals surface area contributed by atoms with Crippen LogP contribution < -0.4 is 15.4 Å². The largest absolute Gasteiger partial charge is 0.497 e. The number of anilines is 1. The number of nitrogens with one attached hydrogen (secondary N) is 2. The lowest BCUT2D eigenvalue weighted by Gasteiger charge is -2.38. The van der Waals surface area contributed by atoms with Crippen molar-refractivity contribution in [1.82, 2.24) is 10.2 Å². The number of hydrogen-bond donors (Lipinski definition) is 2. The molecular formula is C29H41N3O5. The Balaban J connectivity index is 2.47. The Morgan fingerprint density at radius 3 is 1.92 bits per heavy atom. The maximum absolute atomic E-state index is 14.0. The minimum Gasteiger partial charge on any atom is -0.497 e. The predicted molar refractivity (Wildman–Crippen MR) is 146 cm³/mol. The van der Waals surface area contributed by atoms with E-state index < -0.39 is 23.8 Å². The highest BCUT2D eigenvalue weighted by Gasteiger charge is 2.39. The molecule has 0 aliphatic carbocycles. The minimum absolute atomic E-state index is 0.246. The van der Waals surface area contributed by atoms with Gasteiger partial charge in [0.15, 0.2) is 0 Å². The van der Waals surface area contributed by atoms with Gasteiger partial charge in [0.1, 0.15) is 23.4 Å². The summed E-state index contributed by atoms with van der Waals surface area (Å²) in [5.41, 5.74) is 1.56. The molecule has 0 aliphatic rings. The van der Waals surface area contributed by atoms with E-state index in [1.165, 1.54) is 4.90 Å². The lowest BCUT2D eigenvalue weighted by atomic mass is 9.97. The predicted octanol–water partition coefficient (Wildman–Crippen LogP) is 5.47. The molecule has 2 atom stereocenters. The van der Waals surface area contributed by atoms with E-state index in [-0.39, 0.29) is 23.8 Å². The van der Waals surface area contributed by atoms with E-state index in [9.17, 15) is 14.4 Å². The molecule has 0 spiro atoms. The van der Waals surface area contributed by atoms with E-state index >= 15 is 0 Å². The van der Waals surface area contributed by atoms with Gasteiger partial charge in [-0.25, -0.2) is 4.79 Å². The number of nitrogens with zero attached hydrogens (tertiary/aromatic N) is 1. The molecule has 202 valence electrons. The average Bonchev–Trinajstić information content (AvgIpc) is 2.80. The first-order chi connectivity index (χ1) is 17.2. The number of carbonyl (C=O) groups is 3. The Bertz CT molecular complexity index is 1060. The van der Waals surface area contributed by atoms with Crippen molar-refractivity contribution in [3.8, 4) is 5.75 Å². The van der Waals surface area contributed by atoms with Gasteiger partial charge in [-0.3, -0.25) is 9.59 Å². The fraction of sp³-hybridized carbons (Fsp3) is 0.483. The number of ether oxygens (including phenoxy) is 2. The van der Waals surface area contributed by atoms with Crippen LogP contribution in [-0.4, -0.2) is 47.6 Å². The molecule has 0 radical (unpaired) electrons. The summed E-state index contributed by atoms with van der Waals surface area (Å²) in [6.07, 6.45) is -0.683. The molecule has 8 nitrogen and oxygen atoms in total. The maximum Gasteiger partial charge on any atom is 0.408 e. The van der Waals surface area contributed by atoms with Crippen LogP contribution >= 0.6 is 0 Å². The highest BCUT2D eigenvalue weighted by molar-refractivity contribution is 5.99. The zero-order chi connectivity index (χ0) is 27.9. The molecule has 0 saturated carbocycles. The molecule has 2 rings (SSSR count). The summed E-state index contributed by atoms with van der Waals surface area (Å²) in [6, 6.07) is 12.3. The number of hydrogen-bond acceptors (Lipinski definition) is 5. The monoisotopic (exact) mass is 511 g/mol. The van der Waals surface area contributed by atoms with Crippen LogP contribution in [0.5, 0.6) is 5.75 Å². The van der Waals surface area contributed by atoms with Gasteiger partial charge in [-0.2, -0.15) is 0 Å². The van der Waals surface area contributed by atoms with Gasteiger partial charge in [0.25, 0.3) is 5.91 Å². The van der Waals surface area contributed by atoms with Crippen molar-refractivity contribution in [3.63, 3.8) is 0 Å². The summed E-state index contributed by atoms with van der Waals surface area (Å²) in [5.74, 6) is -0.313. The van der Waals surface area contributed by atoms with E-state index in [4.69, 9.17) is 9.47 Å². The molecule has 0 fully saturated rings. The SMILES string of the molecule is COc1ccc(NC(=O)C(c2ccc(C)cc2)N(C(=O)C(NC(=O)OC(C)(C)C)C(C)C)C(C)C)cc1. The zero-order valence-corrected chi connectivity index (χ0v) is 23.4. The molecule has 0 aliphatic heterocycles. The van der Waals surface area contributed by atoms with Crippen LogP contribution in [0, 0.1) is 12.8 Å². The van der Waals surface area contributed by atoms with Crippen molar-refractivity contribution in [3.05, 3.63) is 59.7 Å². The molecule has 2 aromatic carbocycles. The Morgan fingerprint density at radius 2 is 1.46 bits per heavy atom. The Morgan fingerprint density at radius 1 is 0.892 bits per heavy atom. The first-order valence-corrected chi connectivity index (χ1v) is 12.6. The molecule has 37 heavy (non-hydrogen) atoms. The van der Waals surface area contributed by atoms with Crippen LogP contribution in [0.25, 0.3) is 0 Å². The van der Waals surface area contributed by atoms with Crippen molar-refractivity contribution >= 4 is 23.6 Å². The minimum atomic E-state index is -0.933. The number of carbonyl (C=O) groups excluding carboxylic acids is 3. The lowest BCUT2D eigenvalue weighted by Crippen LogP contribution is -2.56. The van der Waals surface area contributed by atoms with Crippen LogP contribution in [0.2, 0.25) is 0 Å². The summed E-state index contributed by atoms with van der Waals surface area (Å²) < 4.78 is 10.6. The average molecular weight is 512 g/mol. The molecule has 2 N–H and O–H groups in total. The number of alkyl carbamates (subject to hydrolysis) is 1. The standard InChI is InChI=1S/C29H41N3O5/c1-18(2)24(31-28(35)37-29(6,7)8)27(34)32(19(3)4)25(21-12-10-20(5)11-13-21)26(33)30-22-14-16-23(36-9)17-15-22/h10-19,24-25H,1-9H3,(H,30,33)(H,31,35). The molecule has 8 heteroatoms. The molecule has 0 heterocycles. The third-order valence-corrected chi connectivity index (χ3v) is 5.69. The molecule has 2 unspecified atom stereocenters. The Kier molecular flexibility index (Phi) is 10.1. The third kappa shape index (κ3) is 8.51. The quantitative estimate of drug-likeness (QED) is 0.465. The summed E-state index contributed by atoms with van der Waals surface area (Å²) in [5, 5.41) is 5.66. The number of benzene rings is 2. The van der Waals surface area contributed by atoms with E-state index in [1.807, 2.05) is 58.9 Å². The second-order valence-corrected chi connectivity index (χ2v) is 10.7. The van der Waals surface area contributed by atoms with Crippen molar-refractivity contribution in [2.45, 2.75) is 79.1 Å². The highest BCUT2D eigenvalue weighted by atomic mass is 16.6. The summed E-state index contributed by atoms with van der Waals surface area (Å²) in [7, 11) is 1.57. The highest BCUT2D eigenvalue weighted by Crippen LogP contribution is 2.28. The number of amides is 3. The normalized spacial score (nSPS) is 13.1.